The van der Waals surface area contributed by atoms with E-state index in [1.54, 1.807) is 23.1 Å². The zero-order valence-electron chi connectivity index (χ0n) is 10.9. The van der Waals surface area contributed by atoms with Gasteiger partial charge in [0.1, 0.15) is 5.82 Å². The van der Waals surface area contributed by atoms with Gasteiger partial charge >= 0.3 is 0 Å². The Morgan fingerprint density at radius 3 is 2.38 bits per heavy atom. The van der Waals surface area contributed by atoms with Crippen LogP contribution in [0.3, 0.4) is 0 Å². The van der Waals surface area contributed by atoms with Crippen LogP contribution in [0.5, 0.6) is 0 Å². The van der Waals surface area contributed by atoms with Crippen LogP contribution in [-0.2, 0) is 5.75 Å². The molecule has 3 aromatic rings. The van der Waals surface area contributed by atoms with Crippen LogP contribution >= 0.6 is 23.1 Å². The second kappa shape index (κ2) is 6.06. The number of nitrogens with two attached hydrogens (primary N) is 2. The summed E-state index contributed by atoms with van der Waals surface area (Å²) in [6.07, 6.45) is 0. The monoisotopic (exact) mass is 316 g/mol. The van der Waals surface area contributed by atoms with E-state index in [2.05, 4.69) is 19.9 Å². The molecule has 8 heteroatoms. The van der Waals surface area contributed by atoms with Gasteiger partial charge in [0.25, 0.3) is 0 Å². The molecule has 0 aliphatic carbocycles. The Hall–Kier alpha value is -2.19. The molecule has 0 radical (unpaired) electrons. The van der Waals surface area contributed by atoms with Crippen molar-refractivity contribution in [1.82, 2.24) is 19.9 Å². The van der Waals surface area contributed by atoms with E-state index in [4.69, 9.17) is 11.5 Å². The molecule has 0 atom stereocenters. The Labute approximate surface area is 129 Å². The van der Waals surface area contributed by atoms with Gasteiger partial charge in [-0.2, -0.15) is 15.0 Å². The highest BCUT2D eigenvalue weighted by molar-refractivity contribution is 8.00. The molecule has 0 saturated heterocycles. The number of nitrogens with zero attached hydrogens (tertiary/aromatic N) is 4. The lowest BCUT2D eigenvalue weighted by atomic mass is 10.2. The summed E-state index contributed by atoms with van der Waals surface area (Å²) in [6.45, 7) is 0. The molecular formula is C13H12N6S2. The minimum atomic E-state index is 0.141. The largest absolute Gasteiger partial charge is 0.368 e. The third-order valence-electron chi connectivity index (χ3n) is 2.59. The third-order valence-corrected chi connectivity index (χ3v) is 4.61. The summed E-state index contributed by atoms with van der Waals surface area (Å²) in [5, 5.41) is 2.04. The first-order valence-electron chi connectivity index (χ1n) is 6.10. The summed E-state index contributed by atoms with van der Waals surface area (Å²) in [4.78, 5) is 16.4. The zero-order chi connectivity index (χ0) is 14.7. The van der Waals surface area contributed by atoms with Crippen molar-refractivity contribution in [2.75, 3.05) is 11.5 Å². The molecule has 21 heavy (non-hydrogen) atoms. The van der Waals surface area contributed by atoms with E-state index in [9.17, 15) is 0 Å². The third kappa shape index (κ3) is 3.47. The predicted octanol–water partition coefficient (Wildman–Crippen LogP) is 2.45. The molecule has 6 nitrogen and oxygen atoms in total. The predicted molar refractivity (Wildman–Crippen MR) is 85.8 cm³/mol. The van der Waals surface area contributed by atoms with Gasteiger partial charge < -0.3 is 11.5 Å². The number of aromatic nitrogens is 4. The summed E-state index contributed by atoms with van der Waals surface area (Å²) in [7, 11) is 0. The first-order valence-corrected chi connectivity index (χ1v) is 7.97. The van der Waals surface area contributed by atoms with Gasteiger partial charge in [-0.1, -0.05) is 42.1 Å². The molecule has 0 saturated carbocycles. The fraction of sp³-hybridized carbons (Fsp3) is 0.0769. The van der Waals surface area contributed by atoms with Crippen LogP contribution in [0.1, 0.15) is 5.82 Å². The summed E-state index contributed by atoms with van der Waals surface area (Å²) in [5.74, 6) is 1.39. The number of hydrogen-bond donors (Lipinski definition) is 2. The number of rotatable bonds is 4. The molecule has 3 rings (SSSR count). The average Bonchev–Trinajstić information content (AvgIpc) is 2.94. The van der Waals surface area contributed by atoms with Gasteiger partial charge in [-0.05, 0) is 0 Å². The van der Waals surface area contributed by atoms with Crippen LogP contribution in [0, 0.1) is 0 Å². The molecule has 4 N–H and O–H groups in total. The Bertz CT molecular complexity index is 723. The standard InChI is InChI=1S/C13H12N6S2/c14-11-17-10(18-12(15)19-11)7-21-13-16-9(6-20-13)8-4-2-1-3-5-8/h1-6H,7H2,(H4,14,15,17,18,19). The molecule has 0 fully saturated rings. The topological polar surface area (TPSA) is 104 Å². The molecule has 0 spiro atoms. The van der Waals surface area contributed by atoms with Crippen molar-refractivity contribution in [1.29, 1.82) is 0 Å². The highest BCUT2D eigenvalue weighted by atomic mass is 32.2. The van der Waals surface area contributed by atoms with Crippen LogP contribution in [0.2, 0.25) is 0 Å². The van der Waals surface area contributed by atoms with Gasteiger partial charge in [0, 0.05) is 10.9 Å². The average molecular weight is 316 g/mol. The maximum atomic E-state index is 5.54. The Balaban J connectivity index is 1.70. The molecule has 1 aromatic carbocycles. The van der Waals surface area contributed by atoms with E-state index in [0.717, 1.165) is 15.6 Å². The fourth-order valence-corrected chi connectivity index (χ4v) is 3.40. The van der Waals surface area contributed by atoms with Crippen molar-refractivity contribution in [3.8, 4) is 11.3 Å². The Kier molecular flexibility index (Phi) is 3.98. The van der Waals surface area contributed by atoms with Crippen LogP contribution in [0.4, 0.5) is 11.9 Å². The fourth-order valence-electron chi connectivity index (χ4n) is 1.71. The highest BCUT2D eigenvalue weighted by Gasteiger charge is 2.07. The maximum absolute atomic E-state index is 5.54. The van der Waals surface area contributed by atoms with Crippen molar-refractivity contribution in [2.45, 2.75) is 10.1 Å². The number of hydrogen-bond acceptors (Lipinski definition) is 8. The lowest BCUT2D eigenvalue weighted by molar-refractivity contribution is 0.987. The molecule has 106 valence electrons. The van der Waals surface area contributed by atoms with E-state index in [1.807, 2.05) is 35.7 Å². The van der Waals surface area contributed by atoms with Gasteiger partial charge in [0.15, 0.2) is 4.34 Å². The SMILES string of the molecule is Nc1nc(N)nc(CSc2nc(-c3ccccc3)cs2)n1. The zero-order valence-corrected chi connectivity index (χ0v) is 12.6. The highest BCUT2D eigenvalue weighted by Crippen LogP contribution is 2.29. The van der Waals surface area contributed by atoms with Gasteiger partial charge in [0.05, 0.1) is 11.4 Å². The summed E-state index contributed by atoms with van der Waals surface area (Å²) in [6, 6.07) is 10.1. The van der Waals surface area contributed by atoms with Gasteiger partial charge in [-0.3, -0.25) is 0 Å². The summed E-state index contributed by atoms with van der Waals surface area (Å²) >= 11 is 3.14. The van der Waals surface area contributed by atoms with E-state index >= 15 is 0 Å². The number of nitrogen functional groups attached to an aromatic ring is 2. The molecule has 0 amide bonds. The second-order valence-electron chi connectivity index (χ2n) is 4.12. The number of thioether (sulfide) groups is 1. The van der Waals surface area contributed by atoms with Crippen molar-refractivity contribution >= 4 is 35.0 Å². The molecule has 2 heterocycles. The van der Waals surface area contributed by atoms with Crippen molar-refractivity contribution < 1.29 is 0 Å². The number of thiazole rings is 1. The summed E-state index contributed by atoms with van der Waals surface area (Å²) < 4.78 is 0.950. The van der Waals surface area contributed by atoms with Gasteiger partial charge in [0.2, 0.25) is 11.9 Å². The van der Waals surface area contributed by atoms with Crippen LogP contribution in [0.25, 0.3) is 11.3 Å². The van der Waals surface area contributed by atoms with Crippen LogP contribution in [-0.4, -0.2) is 19.9 Å². The first-order chi connectivity index (χ1) is 10.2. The Morgan fingerprint density at radius 2 is 1.67 bits per heavy atom. The smallest absolute Gasteiger partial charge is 0.225 e. The number of benzene rings is 1. The normalized spacial score (nSPS) is 10.7. The lowest BCUT2D eigenvalue weighted by Gasteiger charge is -2.00. The molecular weight excluding hydrogens is 304 g/mol. The molecule has 0 aliphatic rings. The quantitative estimate of drug-likeness (QED) is 0.712. The lowest BCUT2D eigenvalue weighted by Crippen LogP contribution is -2.05. The van der Waals surface area contributed by atoms with Gasteiger partial charge in [-0.25, -0.2) is 4.98 Å². The van der Waals surface area contributed by atoms with Crippen molar-refractivity contribution in [3.05, 3.63) is 41.5 Å². The molecule has 2 aromatic heterocycles. The first kappa shape index (κ1) is 13.8. The van der Waals surface area contributed by atoms with E-state index < -0.39 is 0 Å². The van der Waals surface area contributed by atoms with Crippen molar-refractivity contribution in [2.24, 2.45) is 0 Å². The van der Waals surface area contributed by atoms with E-state index in [-0.39, 0.29) is 11.9 Å². The number of anilines is 2. The maximum Gasteiger partial charge on any atom is 0.225 e. The van der Waals surface area contributed by atoms with Gasteiger partial charge in [-0.15, -0.1) is 11.3 Å². The van der Waals surface area contributed by atoms with Crippen LogP contribution < -0.4 is 11.5 Å². The molecule has 0 unspecified atom stereocenters. The summed E-state index contributed by atoms with van der Waals surface area (Å²) in [5.41, 5.74) is 13.2. The Morgan fingerprint density at radius 1 is 0.952 bits per heavy atom. The second-order valence-corrected chi connectivity index (χ2v) is 6.20. The minimum absolute atomic E-state index is 0.141. The molecule has 0 bridgehead atoms. The van der Waals surface area contributed by atoms with Crippen LogP contribution in [0.15, 0.2) is 40.1 Å². The molecule has 0 aliphatic heterocycles. The van der Waals surface area contributed by atoms with E-state index in [1.165, 1.54) is 0 Å². The minimum Gasteiger partial charge on any atom is -0.368 e. The van der Waals surface area contributed by atoms with Crippen molar-refractivity contribution in [3.63, 3.8) is 0 Å². The van der Waals surface area contributed by atoms with E-state index in [0.29, 0.717) is 11.6 Å².